The van der Waals surface area contributed by atoms with E-state index >= 15 is 0 Å². The lowest BCUT2D eigenvalue weighted by Gasteiger charge is -2.33. The van der Waals surface area contributed by atoms with Crippen LogP contribution in [0.15, 0.2) is 41.2 Å². The van der Waals surface area contributed by atoms with Crippen LogP contribution in [-0.2, 0) is 18.6 Å². The van der Waals surface area contributed by atoms with E-state index in [1.807, 2.05) is 41.1 Å². The average molecular weight is 547 g/mol. The molecule has 40 heavy (non-hydrogen) atoms. The zero-order valence-electron chi connectivity index (χ0n) is 23.3. The Morgan fingerprint density at radius 3 is 2.50 bits per heavy atom. The zero-order valence-corrected chi connectivity index (χ0v) is 23.3. The molecule has 2 aromatic heterocycles. The van der Waals surface area contributed by atoms with Crippen LogP contribution in [0.4, 0.5) is 0 Å². The SMILES string of the molecule is CC[C@@H](c1nnnn1C(C)(C)CC)N(Cc1ccc2c(c1)OCO2)Cc1cc2cc3c(cc2[nH]c1=O)OCCO3. The highest BCUT2D eigenvalue weighted by atomic mass is 16.7. The molecule has 1 atom stereocenters. The smallest absolute Gasteiger partial charge is 0.252 e. The maximum atomic E-state index is 13.4. The molecule has 11 heteroatoms. The summed E-state index contributed by atoms with van der Waals surface area (Å²) in [6.07, 6.45) is 1.61. The molecule has 4 aromatic rings. The van der Waals surface area contributed by atoms with Crippen molar-refractivity contribution in [2.24, 2.45) is 0 Å². The number of nitrogens with zero attached hydrogens (tertiary/aromatic N) is 5. The molecular formula is C29H34N6O5. The summed E-state index contributed by atoms with van der Waals surface area (Å²) < 4.78 is 24.6. The fraction of sp³-hybridized carbons (Fsp3) is 0.448. The Kier molecular flexibility index (Phi) is 6.83. The fourth-order valence-corrected chi connectivity index (χ4v) is 5.26. The second kappa shape index (κ2) is 10.5. The van der Waals surface area contributed by atoms with Crippen molar-refractivity contribution in [1.29, 1.82) is 0 Å². The molecule has 1 N–H and O–H groups in total. The summed E-state index contributed by atoms with van der Waals surface area (Å²) in [6, 6.07) is 11.5. The van der Waals surface area contributed by atoms with Crippen LogP contribution in [-0.4, -0.2) is 50.1 Å². The minimum absolute atomic E-state index is 0.150. The highest BCUT2D eigenvalue weighted by Crippen LogP contribution is 2.36. The zero-order chi connectivity index (χ0) is 27.9. The van der Waals surface area contributed by atoms with E-state index in [9.17, 15) is 4.79 Å². The maximum absolute atomic E-state index is 13.4. The standard InChI is InChI=1S/C29H34N6O5/c1-5-22(27-31-32-33-35(27)29(3,4)6-2)34(15-18-7-8-23-24(11-18)40-17-39-23)16-20-12-19-13-25-26(38-10-9-37-25)14-21(19)30-28(20)36/h7-8,11-14,22H,5-6,9-10,15-17H2,1-4H3,(H,30,36)/t22-/m0/s1. The van der Waals surface area contributed by atoms with E-state index in [-0.39, 0.29) is 23.9 Å². The van der Waals surface area contributed by atoms with Gasteiger partial charge in [0.2, 0.25) is 6.79 Å². The van der Waals surface area contributed by atoms with Crippen molar-refractivity contribution in [3.63, 3.8) is 0 Å². The second-order valence-corrected chi connectivity index (χ2v) is 10.8. The molecule has 2 aliphatic heterocycles. The Hall–Kier alpha value is -4.12. The summed E-state index contributed by atoms with van der Waals surface area (Å²) in [5.41, 5.74) is 1.97. The number of hydrogen-bond donors (Lipinski definition) is 1. The van der Waals surface area contributed by atoms with E-state index in [1.54, 1.807) is 0 Å². The molecule has 0 fully saturated rings. The van der Waals surface area contributed by atoms with Crippen LogP contribution in [0.2, 0.25) is 0 Å². The molecule has 0 radical (unpaired) electrons. The molecule has 4 heterocycles. The van der Waals surface area contributed by atoms with Crippen LogP contribution in [0.1, 0.15) is 63.5 Å². The first-order valence-corrected chi connectivity index (χ1v) is 13.7. The molecule has 11 nitrogen and oxygen atoms in total. The predicted octanol–water partition coefficient (Wildman–Crippen LogP) is 4.31. The number of pyridine rings is 1. The van der Waals surface area contributed by atoms with Gasteiger partial charge in [-0.15, -0.1) is 5.10 Å². The van der Waals surface area contributed by atoms with Gasteiger partial charge in [-0.1, -0.05) is 19.9 Å². The number of nitrogens with one attached hydrogen (secondary N) is 1. The van der Waals surface area contributed by atoms with Crippen molar-refractivity contribution >= 4 is 10.9 Å². The van der Waals surface area contributed by atoms with Gasteiger partial charge in [0.1, 0.15) is 13.2 Å². The van der Waals surface area contributed by atoms with Gasteiger partial charge in [-0.05, 0) is 66.9 Å². The lowest BCUT2D eigenvalue weighted by Crippen LogP contribution is -2.36. The molecule has 2 aliphatic rings. The van der Waals surface area contributed by atoms with Gasteiger partial charge in [0.25, 0.3) is 5.56 Å². The molecule has 6 rings (SSSR count). The molecule has 0 aliphatic carbocycles. The first kappa shape index (κ1) is 26.1. The molecule has 0 spiro atoms. The Bertz CT molecular complexity index is 1600. The quantitative estimate of drug-likeness (QED) is 0.328. The van der Waals surface area contributed by atoms with E-state index in [2.05, 4.69) is 53.1 Å². The number of aromatic amines is 1. The van der Waals surface area contributed by atoms with Gasteiger partial charge in [-0.2, -0.15) is 0 Å². The molecule has 0 saturated heterocycles. The molecule has 210 valence electrons. The number of aromatic nitrogens is 5. The Labute approximate surface area is 232 Å². The second-order valence-electron chi connectivity index (χ2n) is 10.8. The lowest BCUT2D eigenvalue weighted by atomic mass is 10.0. The largest absolute Gasteiger partial charge is 0.486 e. The topological polar surface area (TPSA) is 117 Å². The van der Waals surface area contributed by atoms with Crippen LogP contribution in [0.5, 0.6) is 23.0 Å². The van der Waals surface area contributed by atoms with Gasteiger partial charge in [-0.25, -0.2) is 4.68 Å². The Balaban J connectivity index is 1.40. The van der Waals surface area contributed by atoms with Gasteiger partial charge in [0.15, 0.2) is 28.8 Å². The number of ether oxygens (including phenoxy) is 4. The van der Waals surface area contributed by atoms with Gasteiger partial charge in [-0.3, -0.25) is 9.69 Å². The van der Waals surface area contributed by atoms with Crippen molar-refractivity contribution < 1.29 is 18.9 Å². The van der Waals surface area contributed by atoms with Crippen molar-refractivity contribution in [2.45, 2.75) is 65.2 Å². The van der Waals surface area contributed by atoms with E-state index in [0.717, 1.165) is 41.1 Å². The number of tetrazole rings is 1. The summed E-state index contributed by atoms with van der Waals surface area (Å²) in [5, 5.41) is 13.8. The summed E-state index contributed by atoms with van der Waals surface area (Å²) in [4.78, 5) is 18.7. The first-order valence-electron chi connectivity index (χ1n) is 13.7. The van der Waals surface area contributed by atoms with Crippen molar-refractivity contribution in [2.75, 3.05) is 20.0 Å². The molecule has 0 saturated carbocycles. The van der Waals surface area contributed by atoms with Crippen LogP contribution < -0.4 is 24.5 Å². The van der Waals surface area contributed by atoms with Crippen LogP contribution in [0, 0.1) is 0 Å². The fourth-order valence-electron chi connectivity index (χ4n) is 5.26. The summed E-state index contributed by atoms with van der Waals surface area (Å²) in [5.74, 6) is 3.55. The van der Waals surface area contributed by atoms with Crippen molar-refractivity contribution in [3.8, 4) is 23.0 Å². The van der Waals surface area contributed by atoms with Gasteiger partial charge in [0, 0.05) is 30.1 Å². The van der Waals surface area contributed by atoms with Crippen molar-refractivity contribution in [1.82, 2.24) is 30.1 Å². The minimum Gasteiger partial charge on any atom is -0.486 e. The average Bonchev–Trinajstić information content (AvgIpc) is 3.63. The Morgan fingerprint density at radius 1 is 0.975 bits per heavy atom. The summed E-state index contributed by atoms with van der Waals surface area (Å²) in [6.45, 7) is 10.6. The van der Waals surface area contributed by atoms with Gasteiger partial charge < -0.3 is 23.9 Å². The summed E-state index contributed by atoms with van der Waals surface area (Å²) >= 11 is 0. The third kappa shape index (κ3) is 4.85. The van der Waals surface area contributed by atoms with E-state index in [1.165, 1.54) is 0 Å². The first-order chi connectivity index (χ1) is 19.4. The highest BCUT2D eigenvalue weighted by molar-refractivity contribution is 5.83. The van der Waals surface area contributed by atoms with E-state index < -0.39 is 0 Å². The maximum Gasteiger partial charge on any atom is 0.252 e. The van der Waals surface area contributed by atoms with Crippen molar-refractivity contribution in [3.05, 3.63) is 63.7 Å². The number of H-pyrrole nitrogens is 1. The number of fused-ring (bicyclic) bond motifs is 3. The van der Waals surface area contributed by atoms with Gasteiger partial charge in [0.05, 0.1) is 17.1 Å². The monoisotopic (exact) mass is 546 g/mol. The lowest BCUT2D eigenvalue weighted by molar-refractivity contribution is 0.150. The third-order valence-corrected chi connectivity index (χ3v) is 7.84. The highest BCUT2D eigenvalue weighted by Gasteiger charge is 2.31. The number of benzene rings is 2. The number of hydrogen-bond acceptors (Lipinski definition) is 9. The van der Waals surface area contributed by atoms with Crippen LogP contribution in [0.3, 0.4) is 0 Å². The predicted molar refractivity (Wildman–Crippen MR) is 148 cm³/mol. The molecular weight excluding hydrogens is 512 g/mol. The third-order valence-electron chi connectivity index (χ3n) is 7.84. The minimum atomic E-state index is -0.266. The van der Waals surface area contributed by atoms with Crippen LogP contribution in [0.25, 0.3) is 10.9 Å². The molecule has 0 bridgehead atoms. The van der Waals surface area contributed by atoms with Crippen LogP contribution >= 0.6 is 0 Å². The molecule has 0 unspecified atom stereocenters. The summed E-state index contributed by atoms with van der Waals surface area (Å²) in [7, 11) is 0. The van der Waals surface area contributed by atoms with Gasteiger partial charge >= 0.3 is 0 Å². The molecule has 2 aromatic carbocycles. The number of rotatable bonds is 9. The van der Waals surface area contributed by atoms with E-state index in [4.69, 9.17) is 18.9 Å². The van der Waals surface area contributed by atoms with E-state index in [0.29, 0.717) is 48.9 Å². The Morgan fingerprint density at radius 2 is 1.73 bits per heavy atom. The normalized spacial score (nSPS) is 15.1. The molecule has 0 amide bonds.